The van der Waals surface area contributed by atoms with Crippen LogP contribution in [0.15, 0.2) is 36.4 Å². The largest absolute Gasteiger partial charge is 0.507 e. The van der Waals surface area contributed by atoms with Crippen molar-refractivity contribution in [2.75, 3.05) is 46.3 Å². The van der Waals surface area contributed by atoms with Crippen LogP contribution in [0.5, 0.6) is 5.75 Å². The Bertz CT molecular complexity index is 1230. The zero-order valence-corrected chi connectivity index (χ0v) is 24.7. The van der Waals surface area contributed by atoms with Crippen molar-refractivity contribution in [3.8, 4) is 16.9 Å². The number of phenolic OH excluding ortho intramolecular Hbond substituents is 1. The molecule has 11 nitrogen and oxygen atoms in total. The number of benzene rings is 2. The number of hydrogen-bond donors (Lipinski definition) is 5. The molecule has 1 amide bonds. The Hall–Kier alpha value is -3.48. The molecule has 11 heteroatoms. The number of hydrogen-bond acceptors (Lipinski definition) is 9. The van der Waals surface area contributed by atoms with Crippen LogP contribution in [0.2, 0.25) is 0 Å². The molecule has 7 N–H and O–H groups in total. The highest BCUT2D eigenvalue weighted by Gasteiger charge is 2.35. The Morgan fingerprint density at radius 3 is 2.40 bits per heavy atom. The van der Waals surface area contributed by atoms with Gasteiger partial charge in [0.25, 0.3) is 0 Å². The van der Waals surface area contributed by atoms with E-state index in [9.17, 15) is 34.5 Å². The van der Waals surface area contributed by atoms with Gasteiger partial charge in [0.1, 0.15) is 23.9 Å². The number of fused-ring (bicyclic) bond motifs is 1. The van der Waals surface area contributed by atoms with Gasteiger partial charge in [-0.2, -0.15) is 0 Å². The Morgan fingerprint density at radius 2 is 1.81 bits per heavy atom. The lowest BCUT2D eigenvalue weighted by molar-refractivity contribution is -0.131. The summed E-state index contributed by atoms with van der Waals surface area (Å²) >= 11 is 0. The second-order valence-corrected chi connectivity index (χ2v) is 10.4. The Kier molecular flexibility index (Phi) is 15.8. The average Bonchev–Trinajstić information content (AvgIpc) is 2.89. The van der Waals surface area contributed by atoms with Crippen molar-refractivity contribution in [1.82, 2.24) is 5.32 Å². The van der Waals surface area contributed by atoms with Crippen LogP contribution in [0.4, 0.5) is 5.69 Å². The number of carbonyl (C=O) groups is 4. The summed E-state index contributed by atoms with van der Waals surface area (Å²) in [6.45, 7) is 0.588. The van der Waals surface area contributed by atoms with Crippen LogP contribution < -0.4 is 10.6 Å². The number of aliphatic hydroxyl groups is 2. The number of aliphatic hydroxyl groups excluding tert-OH is 2. The number of Topliss-reactive ketones (excluding diaryl/α,β-unsaturated/α-hetero) is 3. The molecule has 0 heterocycles. The number of ketones is 3. The number of nitrogens with one attached hydrogen (secondary N) is 2. The summed E-state index contributed by atoms with van der Waals surface area (Å²) in [4.78, 5) is 49.3. The van der Waals surface area contributed by atoms with Crippen LogP contribution in [-0.2, 0) is 25.5 Å². The van der Waals surface area contributed by atoms with E-state index in [2.05, 4.69) is 10.6 Å². The summed E-state index contributed by atoms with van der Waals surface area (Å²) in [5, 5.41) is 35.6. The minimum absolute atomic E-state index is 0. The SMILES string of the molecule is CNC.COCC(=O)Nc1cccc(-c2ccc(O)c3c2CC(CC(CCO)C(CO)C(=O)CC(C)=O)CC3=O)c1.O.[HH].[HH]. The van der Waals surface area contributed by atoms with Crippen molar-refractivity contribution in [2.45, 2.75) is 39.0 Å². The zero-order chi connectivity index (χ0) is 30.5. The first-order valence-corrected chi connectivity index (χ1v) is 13.7. The Labute approximate surface area is 249 Å². The average molecular weight is 593 g/mol. The summed E-state index contributed by atoms with van der Waals surface area (Å²) in [5.74, 6) is -2.71. The molecule has 0 spiro atoms. The van der Waals surface area contributed by atoms with Crippen molar-refractivity contribution in [2.24, 2.45) is 17.8 Å². The third kappa shape index (κ3) is 10.1. The van der Waals surface area contributed by atoms with Crippen LogP contribution in [0.3, 0.4) is 0 Å². The molecule has 0 aliphatic heterocycles. The number of rotatable bonds is 13. The van der Waals surface area contributed by atoms with E-state index in [0.717, 1.165) is 11.1 Å². The van der Waals surface area contributed by atoms with Gasteiger partial charge in [0.05, 0.1) is 18.6 Å². The number of methoxy groups -OCH3 is 1. The van der Waals surface area contributed by atoms with Crippen molar-refractivity contribution >= 4 is 28.9 Å². The van der Waals surface area contributed by atoms with Crippen LogP contribution in [0, 0.1) is 17.8 Å². The summed E-state index contributed by atoms with van der Waals surface area (Å²) in [5.41, 5.74) is 2.98. The number of phenols is 1. The van der Waals surface area contributed by atoms with E-state index in [1.54, 1.807) is 24.3 Å². The number of amides is 1. The van der Waals surface area contributed by atoms with Gasteiger partial charge in [0.15, 0.2) is 5.78 Å². The minimum atomic E-state index is -0.807. The second kappa shape index (κ2) is 18.1. The molecular weight excluding hydrogens is 544 g/mol. The standard InChI is InChI=1S/C29H35NO8.C2H7N.H2O.2H2/c1-17(33)10-26(35)24(15-32)20(8-9-31)11-18-12-23-22(6-7-25(34)29(23)27(36)13-18)19-4-3-5-21(14-19)30-28(37)16-38-2;1-3-2;;;/h3-7,14,18,20,24,31-32,34H,8-13,15-16H2,1-2H3,(H,30,37);3H,1-2H3;1H2;2*1H. The van der Waals surface area contributed by atoms with E-state index in [-0.39, 0.29) is 81.3 Å². The quantitative estimate of drug-likeness (QED) is 0.217. The summed E-state index contributed by atoms with van der Waals surface area (Å²) in [6, 6.07) is 10.4. The third-order valence-corrected chi connectivity index (χ3v) is 7.01. The van der Waals surface area contributed by atoms with Gasteiger partial charge in [0, 0.05) is 34.6 Å². The van der Waals surface area contributed by atoms with Gasteiger partial charge in [0.2, 0.25) is 5.91 Å². The van der Waals surface area contributed by atoms with Crippen LogP contribution in [0.25, 0.3) is 11.1 Å². The highest BCUT2D eigenvalue weighted by atomic mass is 16.5. The second-order valence-electron chi connectivity index (χ2n) is 10.4. The molecule has 2 aromatic carbocycles. The van der Waals surface area contributed by atoms with Gasteiger partial charge in [-0.25, -0.2) is 0 Å². The topological polar surface area (TPSA) is 194 Å². The normalized spacial score (nSPS) is 15.3. The Morgan fingerprint density at radius 1 is 1.12 bits per heavy atom. The van der Waals surface area contributed by atoms with Crippen LogP contribution in [0.1, 0.15) is 51.4 Å². The summed E-state index contributed by atoms with van der Waals surface area (Å²) < 4.78 is 4.86. The fraction of sp³-hybridized carbons (Fsp3) is 0.484. The lowest BCUT2D eigenvalue weighted by Gasteiger charge is -2.31. The van der Waals surface area contributed by atoms with Gasteiger partial charge >= 0.3 is 0 Å². The molecular formula is C31H48N2O9. The van der Waals surface area contributed by atoms with Crippen molar-refractivity contribution < 1.29 is 47.6 Å². The Balaban J connectivity index is 0. The van der Waals surface area contributed by atoms with E-state index in [0.29, 0.717) is 24.1 Å². The predicted molar refractivity (Wildman–Crippen MR) is 164 cm³/mol. The van der Waals surface area contributed by atoms with E-state index < -0.39 is 18.4 Å². The maximum atomic E-state index is 13.2. The molecule has 0 saturated heterocycles. The molecule has 0 radical (unpaired) electrons. The van der Waals surface area contributed by atoms with E-state index >= 15 is 0 Å². The van der Waals surface area contributed by atoms with Crippen molar-refractivity contribution in [3.05, 3.63) is 47.5 Å². The first kappa shape index (κ1) is 36.5. The minimum Gasteiger partial charge on any atom is -0.507 e. The predicted octanol–water partition coefficient (Wildman–Crippen LogP) is 2.44. The molecule has 236 valence electrons. The highest BCUT2D eigenvalue weighted by Crippen LogP contribution is 2.41. The molecule has 42 heavy (non-hydrogen) atoms. The zero-order valence-electron chi connectivity index (χ0n) is 24.7. The van der Waals surface area contributed by atoms with Crippen molar-refractivity contribution in [3.63, 3.8) is 0 Å². The fourth-order valence-electron chi connectivity index (χ4n) is 5.38. The van der Waals surface area contributed by atoms with Gasteiger partial charge in [-0.1, -0.05) is 18.2 Å². The molecule has 0 fully saturated rings. The molecule has 1 aliphatic carbocycles. The van der Waals surface area contributed by atoms with E-state index in [1.165, 1.54) is 20.1 Å². The fourth-order valence-corrected chi connectivity index (χ4v) is 5.38. The molecule has 1 aliphatic rings. The number of aromatic hydroxyl groups is 1. The molecule has 3 rings (SSSR count). The maximum Gasteiger partial charge on any atom is 0.250 e. The summed E-state index contributed by atoms with van der Waals surface area (Å²) in [6.07, 6.45) is 0.949. The molecule has 3 atom stereocenters. The first-order valence-electron chi connectivity index (χ1n) is 13.7. The molecule has 0 saturated carbocycles. The van der Waals surface area contributed by atoms with Gasteiger partial charge in [-0.15, -0.1) is 0 Å². The molecule has 3 unspecified atom stereocenters. The van der Waals surface area contributed by atoms with Crippen molar-refractivity contribution in [1.29, 1.82) is 0 Å². The molecule has 0 aromatic heterocycles. The number of ether oxygens (including phenoxy) is 1. The smallest absolute Gasteiger partial charge is 0.250 e. The van der Waals surface area contributed by atoms with Gasteiger partial charge in [-0.05, 0) is 87.0 Å². The first-order chi connectivity index (χ1) is 19.6. The molecule has 2 aromatic rings. The maximum absolute atomic E-state index is 13.2. The number of carbonyl (C=O) groups excluding carboxylic acids is 4. The summed E-state index contributed by atoms with van der Waals surface area (Å²) in [7, 11) is 5.18. The van der Waals surface area contributed by atoms with E-state index in [1.807, 2.05) is 20.2 Å². The number of anilines is 1. The van der Waals surface area contributed by atoms with Crippen LogP contribution >= 0.6 is 0 Å². The highest BCUT2D eigenvalue weighted by molar-refractivity contribution is 6.03. The lowest BCUT2D eigenvalue weighted by atomic mass is 9.72. The van der Waals surface area contributed by atoms with Crippen LogP contribution in [-0.4, -0.2) is 85.1 Å². The van der Waals surface area contributed by atoms with Gasteiger partial charge in [-0.3, -0.25) is 19.2 Å². The monoisotopic (exact) mass is 592 g/mol. The van der Waals surface area contributed by atoms with E-state index in [4.69, 9.17) is 4.74 Å². The molecule has 0 bridgehead atoms. The lowest BCUT2D eigenvalue weighted by Crippen LogP contribution is -2.32. The third-order valence-electron chi connectivity index (χ3n) is 7.01. The van der Waals surface area contributed by atoms with Gasteiger partial charge < -0.3 is 36.2 Å².